The molecule has 114 valence electrons. The summed E-state index contributed by atoms with van der Waals surface area (Å²) in [5.41, 5.74) is -0.609. The molecule has 1 saturated heterocycles. The molecule has 2 amide bonds. The van der Waals surface area contributed by atoms with Gasteiger partial charge in [0.25, 0.3) is 0 Å². The van der Waals surface area contributed by atoms with Gasteiger partial charge in [-0.25, -0.2) is 4.98 Å². The number of nitrogens with one attached hydrogen (secondary N) is 1. The fourth-order valence-electron chi connectivity index (χ4n) is 3.60. The first-order valence-corrected chi connectivity index (χ1v) is 7.70. The molecule has 3 rings (SSSR count). The van der Waals surface area contributed by atoms with Crippen LogP contribution in [0.2, 0.25) is 0 Å². The summed E-state index contributed by atoms with van der Waals surface area (Å²) in [4.78, 5) is 30.8. The second-order valence-corrected chi connectivity index (χ2v) is 5.99. The number of nitrogens with zero attached hydrogens (tertiary/aromatic N) is 3. The maximum absolute atomic E-state index is 12.4. The number of rotatable bonds is 3. The van der Waals surface area contributed by atoms with E-state index >= 15 is 0 Å². The van der Waals surface area contributed by atoms with Crippen molar-refractivity contribution in [1.29, 1.82) is 0 Å². The smallest absolute Gasteiger partial charge is 0.246 e. The molecule has 6 nitrogen and oxygen atoms in total. The van der Waals surface area contributed by atoms with Crippen molar-refractivity contribution >= 4 is 11.8 Å². The number of aryl methyl sites for hydroxylation is 1. The molecule has 2 aliphatic rings. The lowest BCUT2D eigenvalue weighted by atomic mass is 9.78. The second kappa shape index (κ2) is 5.50. The summed E-state index contributed by atoms with van der Waals surface area (Å²) >= 11 is 0. The largest absolute Gasteiger partial charge is 0.345 e. The van der Waals surface area contributed by atoms with Gasteiger partial charge in [-0.05, 0) is 19.8 Å². The fourth-order valence-corrected chi connectivity index (χ4v) is 3.60. The van der Waals surface area contributed by atoms with Crippen LogP contribution in [-0.4, -0.2) is 44.9 Å². The highest BCUT2D eigenvalue weighted by Gasteiger charge is 2.49. The quantitative estimate of drug-likeness (QED) is 0.897. The molecule has 0 aromatic carbocycles. The third-order valence-electron chi connectivity index (χ3n) is 4.81. The van der Waals surface area contributed by atoms with Crippen LogP contribution in [0.5, 0.6) is 0 Å². The Kier molecular flexibility index (Phi) is 3.69. The summed E-state index contributed by atoms with van der Waals surface area (Å²) in [5, 5.41) is 2.78. The van der Waals surface area contributed by atoms with E-state index in [9.17, 15) is 9.59 Å². The number of piperazine rings is 1. The van der Waals surface area contributed by atoms with Crippen LogP contribution in [-0.2, 0) is 16.1 Å². The first kappa shape index (κ1) is 14.1. The molecule has 1 aliphatic heterocycles. The average Bonchev–Trinajstić information content (AvgIpc) is 2.90. The van der Waals surface area contributed by atoms with Crippen LogP contribution < -0.4 is 5.32 Å². The van der Waals surface area contributed by atoms with Crippen LogP contribution in [0.1, 0.15) is 37.9 Å². The Labute approximate surface area is 124 Å². The topological polar surface area (TPSA) is 67.2 Å². The Morgan fingerprint density at radius 3 is 2.67 bits per heavy atom. The van der Waals surface area contributed by atoms with Crippen LogP contribution in [0.4, 0.5) is 0 Å². The molecule has 21 heavy (non-hydrogen) atoms. The number of carbonyl (C=O) groups excluding carboxylic acids is 2. The maximum Gasteiger partial charge on any atom is 0.246 e. The first-order chi connectivity index (χ1) is 10.1. The van der Waals surface area contributed by atoms with Crippen molar-refractivity contribution in [2.24, 2.45) is 0 Å². The van der Waals surface area contributed by atoms with Gasteiger partial charge in [-0.2, -0.15) is 0 Å². The predicted octanol–water partition coefficient (Wildman–Crippen LogP) is 0.853. The monoisotopic (exact) mass is 290 g/mol. The molecule has 1 aliphatic carbocycles. The van der Waals surface area contributed by atoms with Gasteiger partial charge < -0.3 is 14.8 Å². The molecule has 0 radical (unpaired) electrons. The van der Waals surface area contributed by atoms with Gasteiger partial charge in [-0.3, -0.25) is 9.59 Å². The van der Waals surface area contributed by atoms with Crippen LogP contribution in [0.15, 0.2) is 12.4 Å². The van der Waals surface area contributed by atoms with Crippen LogP contribution >= 0.6 is 0 Å². The minimum absolute atomic E-state index is 0.0316. The molecule has 2 fully saturated rings. The van der Waals surface area contributed by atoms with Crippen molar-refractivity contribution in [3.63, 3.8) is 0 Å². The zero-order valence-corrected chi connectivity index (χ0v) is 12.5. The van der Waals surface area contributed by atoms with E-state index in [-0.39, 0.29) is 18.4 Å². The molecular weight excluding hydrogens is 268 g/mol. The highest BCUT2D eigenvalue weighted by Crippen LogP contribution is 2.35. The van der Waals surface area contributed by atoms with Gasteiger partial charge in [-0.15, -0.1) is 0 Å². The number of carbonyl (C=O) groups is 2. The molecule has 1 aromatic heterocycles. The normalized spacial score (nSPS) is 21.7. The molecule has 6 heteroatoms. The molecule has 1 N–H and O–H groups in total. The van der Waals surface area contributed by atoms with Crippen molar-refractivity contribution in [3.8, 4) is 0 Å². The van der Waals surface area contributed by atoms with Gasteiger partial charge in [0.15, 0.2) is 0 Å². The van der Waals surface area contributed by atoms with E-state index in [0.717, 1.165) is 37.9 Å². The van der Waals surface area contributed by atoms with E-state index in [4.69, 9.17) is 0 Å². The lowest BCUT2D eigenvalue weighted by molar-refractivity contribution is -0.156. The minimum atomic E-state index is -0.609. The summed E-state index contributed by atoms with van der Waals surface area (Å²) in [6, 6.07) is 0. The highest BCUT2D eigenvalue weighted by atomic mass is 16.2. The molecule has 0 bridgehead atoms. The zero-order chi connectivity index (χ0) is 14.9. The van der Waals surface area contributed by atoms with E-state index < -0.39 is 5.54 Å². The summed E-state index contributed by atoms with van der Waals surface area (Å²) in [5.74, 6) is 1.00. The van der Waals surface area contributed by atoms with Gasteiger partial charge in [0, 0.05) is 25.5 Å². The molecule has 0 unspecified atom stereocenters. The van der Waals surface area contributed by atoms with Crippen LogP contribution in [0.25, 0.3) is 0 Å². The van der Waals surface area contributed by atoms with Gasteiger partial charge in [0.2, 0.25) is 11.8 Å². The average molecular weight is 290 g/mol. The number of aromatic nitrogens is 2. The molecule has 2 heterocycles. The van der Waals surface area contributed by atoms with Crippen molar-refractivity contribution < 1.29 is 9.59 Å². The predicted molar refractivity (Wildman–Crippen MR) is 77.5 cm³/mol. The number of hydrogen-bond donors (Lipinski definition) is 1. The molecule has 0 atom stereocenters. The van der Waals surface area contributed by atoms with Crippen molar-refractivity contribution in [3.05, 3.63) is 18.2 Å². The molecular formula is C15H22N4O2. The van der Waals surface area contributed by atoms with Gasteiger partial charge >= 0.3 is 0 Å². The molecule has 1 saturated carbocycles. The van der Waals surface area contributed by atoms with Crippen LogP contribution in [0.3, 0.4) is 0 Å². The standard InChI is InChI=1S/C15H22N4O2/c1-12-16-7-8-18(12)9-10-19-13(20)11-17-14(21)15(19)5-3-2-4-6-15/h7-8H,2-6,9-11H2,1H3,(H,17,21). The number of imidazole rings is 1. The Morgan fingerprint density at radius 1 is 1.24 bits per heavy atom. The number of amides is 2. The summed E-state index contributed by atoms with van der Waals surface area (Å²) in [7, 11) is 0. The molecule has 1 spiro atoms. The third kappa shape index (κ3) is 2.43. The Balaban J connectivity index is 1.80. The Bertz CT molecular complexity index is 546. The van der Waals surface area contributed by atoms with Crippen molar-refractivity contribution in [1.82, 2.24) is 19.8 Å². The maximum atomic E-state index is 12.4. The van der Waals surface area contributed by atoms with Gasteiger partial charge in [-0.1, -0.05) is 19.3 Å². The first-order valence-electron chi connectivity index (χ1n) is 7.70. The fraction of sp³-hybridized carbons (Fsp3) is 0.667. The van der Waals surface area contributed by atoms with E-state index in [1.54, 1.807) is 6.20 Å². The lowest BCUT2D eigenvalue weighted by Crippen LogP contribution is -2.68. The van der Waals surface area contributed by atoms with Gasteiger partial charge in [0.05, 0.1) is 6.54 Å². The van der Waals surface area contributed by atoms with E-state index in [1.807, 2.05) is 22.6 Å². The van der Waals surface area contributed by atoms with E-state index in [2.05, 4.69) is 10.3 Å². The Morgan fingerprint density at radius 2 is 2.00 bits per heavy atom. The van der Waals surface area contributed by atoms with E-state index in [1.165, 1.54) is 0 Å². The SMILES string of the molecule is Cc1nccn1CCN1C(=O)CNC(=O)C12CCCCC2. The van der Waals surface area contributed by atoms with Gasteiger partial charge in [0.1, 0.15) is 11.4 Å². The summed E-state index contributed by atoms with van der Waals surface area (Å²) < 4.78 is 2.02. The van der Waals surface area contributed by atoms with E-state index in [0.29, 0.717) is 13.1 Å². The molecule has 1 aromatic rings. The number of hydrogen-bond acceptors (Lipinski definition) is 3. The summed E-state index contributed by atoms with van der Waals surface area (Å²) in [6.45, 7) is 3.33. The summed E-state index contributed by atoms with van der Waals surface area (Å²) in [6.07, 6.45) is 8.43. The highest BCUT2D eigenvalue weighted by molar-refractivity contribution is 5.98. The Hall–Kier alpha value is -1.85. The van der Waals surface area contributed by atoms with Crippen LogP contribution in [0, 0.1) is 6.92 Å². The second-order valence-electron chi connectivity index (χ2n) is 5.99. The lowest BCUT2D eigenvalue weighted by Gasteiger charge is -2.48. The third-order valence-corrected chi connectivity index (χ3v) is 4.81. The van der Waals surface area contributed by atoms with Crippen molar-refractivity contribution in [2.45, 2.75) is 51.1 Å². The minimum Gasteiger partial charge on any atom is -0.345 e. The van der Waals surface area contributed by atoms with Crippen molar-refractivity contribution in [2.75, 3.05) is 13.1 Å². The zero-order valence-electron chi connectivity index (χ0n) is 12.5.